The van der Waals surface area contributed by atoms with Crippen LogP contribution in [0.15, 0.2) is 0 Å². The molecular weight excluding hydrogens is 150 g/mol. The number of piperidine rings is 1. The average Bonchev–Trinajstić information content (AvgIpc) is 2.04. The molecule has 1 saturated carbocycles. The number of nitrogens with zero attached hydrogens (tertiary/aromatic N) is 1. The molecular formula is C10H19NO. The Morgan fingerprint density at radius 1 is 1.17 bits per heavy atom. The number of hydrogen-bond acceptors (Lipinski definition) is 2. The van der Waals surface area contributed by atoms with Crippen molar-refractivity contribution in [1.29, 1.82) is 0 Å². The van der Waals surface area contributed by atoms with Crippen LogP contribution in [-0.2, 0) is 0 Å². The van der Waals surface area contributed by atoms with Gasteiger partial charge in [-0.2, -0.15) is 0 Å². The third kappa shape index (κ3) is 1.38. The van der Waals surface area contributed by atoms with Crippen LogP contribution in [0.2, 0.25) is 0 Å². The Labute approximate surface area is 74.6 Å². The molecule has 2 rings (SSSR count). The van der Waals surface area contributed by atoms with Crippen molar-refractivity contribution in [3.05, 3.63) is 0 Å². The van der Waals surface area contributed by atoms with E-state index in [0.717, 1.165) is 12.3 Å². The van der Waals surface area contributed by atoms with E-state index in [9.17, 15) is 5.11 Å². The highest BCUT2D eigenvalue weighted by Gasteiger charge is 2.36. The second-order valence-electron chi connectivity index (χ2n) is 4.37. The highest BCUT2D eigenvalue weighted by atomic mass is 16.3. The summed E-state index contributed by atoms with van der Waals surface area (Å²) in [5.74, 6) is 0.785. The van der Waals surface area contributed by atoms with E-state index in [4.69, 9.17) is 0 Å². The summed E-state index contributed by atoms with van der Waals surface area (Å²) in [5.41, 5.74) is 0. The van der Waals surface area contributed by atoms with Crippen LogP contribution in [0.4, 0.5) is 0 Å². The maximum Gasteiger partial charge on any atom is 0.0698 e. The Kier molecular flexibility index (Phi) is 2.37. The predicted molar refractivity (Wildman–Crippen MR) is 49.0 cm³/mol. The van der Waals surface area contributed by atoms with Crippen LogP contribution in [0, 0.1) is 5.92 Å². The molecule has 1 aliphatic heterocycles. The number of fused-ring (bicyclic) bond motifs is 1. The lowest BCUT2D eigenvalue weighted by Gasteiger charge is -2.44. The standard InChI is InChI=1S/C10H19NO/c1-11-7-3-5-8-4-2-6-9(12)10(8)11/h8-10,12H,2-7H2,1H3. The van der Waals surface area contributed by atoms with Gasteiger partial charge in [-0.05, 0) is 45.2 Å². The van der Waals surface area contributed by atoms with Crippen LogP contribution >= 0.6 is 0 Å². The molecule has 70 valence electrons. The first kappa shape index (κ1) is 8.52. The lowest BCUT2D eigenvalue weighted by atomic mass is 9.77. The SMILES string of the molecule is CN1CCCC2CCCC(O)C21. The predicted octanol–water partition coefficient (Wildman–Crippen LogP) is 1.24. The lowest BCUT2D eigenvalue weighted by Crippen LogP contribution is -2.51. The summed E-state index contributed by atoms with van der Waals surface area (Å²) in [7, 11) is 2.16. The molecule has 0 aromatic carbocycles. The lowest BCUT2D eigenvalue weighted by molar-refractivity contribution is -0.0240. The molecule has 0 amide bonds. The number of rotatable bonds is 0. The van der Waals surface area contributed by atoms with Gasteiger partial charge < -0.3 is 10.0 Å². The summed E-state index contributed by atoms with van der Waals surface area (Å²) < 4.78 is 0. The van der Waals surface area contributed by atoms with Gasteiger partial charge in [0.1, 0.15) is 0 Å². The summed E-state index contributed by atoms with van der Waals surface area (Å²) in [6, 6.07) is 0.479. The number of likely N-dealkylation sites (tertiary alicyclic amines) is 1. The Balaban J connectivity index is 2.07. The smallest absolute Gasteiger partial charge is 0.0698 e. The van der Waals surface area contributed by atoms with E-state index < -0.39 is 0 Å². The monoisotopic (exact) mass is 169 g/mol. The van der Waals surface area contributed by atoms with E-state index in [1.165, 1.54) is 32.2 Å². The molecule has 2 heteroatoms. The first-order valence-electron chi connectivity index (χ1n) is 5.17. The second kappa shape index (κ2) is 3.35. The molecule has 0 aromatic heterocycles. The Bertz CT molecular complexity index is 144. The number of hydrogen-bond donors (Lipinski definition) is 1. The zero-order valence-corrected chi connectivity index (χ0v) is 7.87. The van der Waals surface area contributed by atoms with E-state index in [1.807, 2.05) is 0 Å². The summed E-state index contributed by atoms with van der Waals surface area (Å²) in [6.07, 6.45) is 6.21. The fourth-order valence-corrected chi connectivity index (χ4v) is 2.97. The fraction of sp³-hybridized carbons (Fsp3) is 1.00. The van der Waals surface area contributed by atoms with Gasteiger partial charge in [0.05, 0.1) is 6.10 Å². The largest absolute Gasteiger partial charge is 0.391 e. The molecule has 2 aliphatic rings. The highest BCUT2D eigenvalue weighted by Crippen LogP contribution is 2.34. The maximum atomic E-state index is 9.83. The molecule has 1 saturated heterocycles. The minimum atomic E-state index is -0.0472. The number of likely N-dealkylation sites (N-methyl/N-ethyl adjacent to an activating group) is 1. The van der Waals surface area contributed by atoms with Gasteiger partial charge in [-0.15, -0.1) is 0 Å². The molecule has 0 radical (unpaired) electrons. The summed E-state index contributed by atoms with van der Waals surface area (Å²) in [6.45, 7) is 1.18. The van der Waals surface area contributed by atoms with Crippen molar-refractivity contribution in [3.8, 4) is 0 Å². The summed E-state index contributed by atoms with van der Waals surface area (Å²) in [4.78, 5) is 2.36. The van der Waals surface area contributed by atoms with Gasteiger partial charge in [0.15, 0.2) is 0 Å². The van der Waals surface area contributed by atoms with E-state index in [-0.39, 0.29) is 6.10 Å². The fourth-order valence-electron chi connectivity index (χ4n) is 2.97. The van der Waals surface area contributed by atoms with Crippen LogP contribution in [0.3, 0.4) is 0 Å². The maximum absolute atomic E-state index is 9.83. The van der Waals surface area contributed by atoms with Gasteiger partial charge in [-0.1, -0.05) is 6.42 Å². The van der Waals surface area contributed by atoms with Crippen molar-refractivity contribution in [1.82, 2.24) is 4.90 Å². The first-order valence-corrected chi connectivity index (χ1v) is 5.17. The van der Waals surface area contributed by atoms with Gasteiger partial charge in [-0.25, -0.2) is 0 Å². The van der Waals surface area contributed by atoms with Crippen LogP contribution < -0.4 is 0 Å². The molecule has 0 bridgehead atoms. The van der Waals surface area contributed by atoms with Crippen molar-refractivity contribution in [3.63, 3.8) is 0 Å². The van der Waals surface area contributed by atoms with E-state index in [0.29, 0.717) is 6.04 Å². The van der Waals surface area contributed by atoms with Gasteiger partial charge in [0.2, 0.25) is 0 Å². The highest BCUT2D eigenvalue weighted by molar-refractivity contribution is 4.91. The molecule has 3 unspecified atom stereocenters. The zero-order chi connectivity index (χ0) is 8.55. The molecule has 0 spiro atoms. The third-order valence-electron chi connectivity index (χ3n) is 3.55. The summed E-state index contributed by atoms with van der Waals surface area (Å²) in [5, 5.41) is 9.83. The quantitative estimate of drug-likeness (QED) is 0.590. The molecule has 1 aliphatic carbocycles. The van der Waals surface area contributed by atoms with Crippen molar-refractivity contribution in [2.45, 2.75) is 44.2 Å². The van der Waals surface area contributed by atoms with Gasteiger partial charge in [0.25, 0.3) is 0 Å². The molecule has 3 atom stereocenters. The van der Waals surface area contributed by atoms with Crippen LogP contribution in [0.1, 0.15) is 32.1 Å². The third-order valence-corrected chi connectivity index (χ3v) is 3.55. The first-order chi connectivity index (χ1) is 5.79. The van der Waals surface area contributed by atoms with E-state index in [2.05, 4.69) is 11.9 Å². The van der Waals surface area contributed by atoms with Gasteiger partial charge in [0, 0.05) is 6.04 Å². The minimum Gasteiger partial charge on any atom is -0.391 e. The van der Waals surface area contributed by atoms with Gasteiger partial charge in [-0.3, -0.25) is 0 Å². The molecule has 2 fully saturated rings. The van der Waals surface area contributed by atoms with Crippen molar-refractivity contribution in [2.75, 3.05) is 13.6 Å². The molecule has 0 aromatic rings. The van der Waals surface area contributed by atoms with E-state index in [1.54, 1.807) is 0 Å². The Hall–Kier alpha value is -0.0800. The minimum absolute atomic E-state index is 0.0472. The van der Waals surface area contributed by atoms with Crippen LogP contribution in [0.25, 0.3) is 0 Å². The van der Waals surface area contributed by atoms with Crippen LogP contribution in [0.5, 0.6) is 0 Å². The normalized spacial score (nSPS) is 44.0. The van der Waals surface area contributed by atoms with Gasteiger partial charge >= 0.3 is 0 Å². The summed E-state index contributed by atoms with van der Waals surface area (Å²) >= 11 is 0. The number of aliphatic hydroxyl groups excluding tert-OH is 1. The second-order valence-corrected chi connectivity index (χ2v) is 4.37. The Morgan fingerprint density at radius 2 is 1.92 bits per heavy atom. The van der Waals surface area contributed by atoms with Crippen molar-refractivity contribution >= 4 is 0 Å². The molecule has 1 N–H and O–H groups in total. The zero-order valence-electron chi connectivity index (χ0n) is 7.87. The van der Waals surface area contributed by atoms with Crippen molar-refractivity contribution in [2.24, 2.45) is 5.92 Å². The number of aliphatic hydroxyl groups is 1. The molecule has 2 nitrogen and oxygen atoms in total. The average molecular weight is 169 g/mol. The Morgan fingerprint density at radius 3 is 2.67 bits per heavy atom. The molecule has 12 heavy (non-hydrogen) atoms. The van der Waals surface area contributed by atoms with Crippen LogP contribution in [-0.4, -0.2) is 35.7 Å². The topological polar surface area (TPSA) is 23.5 Å². The molecule has 1 heterocycles. The van der Waals surface area contributed by atoms with Crippen molar-refractivity contribution < 1.29 is 5.11 Å². The van der Waals surface area contributed by atoms with E-state index >= 15 is 0 Å².